The molecule has 0 unspecified atom stereocenters. The van der Waals surface area contributed by atoms with Gasteiger partial charge in [0.1, 0.15) is 0 Å². The second-order valence-corrected chi connectivity index (χ2v) is 5.81. The molecule has 0 saturated heterocycles. The van der Waals surface area contributed by atoms with Gasteiger partial charge in [-0.05, 0) is 24.3 Å². The average Bonchev–Trinajstić information content (AvgIpc) is 3.24. The minimum Gasteiger partial charge on any atom is -0.468 e. The number of nitrogens with zero attached hydrogens (tertiary/aromatic N) is 4. The fourth-order valence-corrected chi connectivity index (χ4v) is 2.94. The maximum atomic E-state index is 11.3. The standard InChI is InChI=1S/C15H12N4O4S/c1-21-13(20)7-24-15-17-14-16-5-4-10(19(14)18-15)9-2-3-11-12(6-9)23-8-22-11/h2-6H,7-8H2,1H3. The molecule has 0 bridgehead atoms. The van der Waals surface area contributed by atoms with E-state index in [1.54, 1.807) is 10.7 Å². The number of hydrogen-bond donors (Lipinski definition) is 0. The summed E-state index contributed by atoms with van der Waals surface area (Å²) in [6.07, 6.45) is 1.67. The van der Waals surface area contributed by atoms with Crippen molar-refractivity contribution < 1.29 is 19.0 Å². The molecule has 0 N–H and O–H groups in total. The lowest BCUT2D eigenvalue weighted by Gasteiger charge is -2.04. The van der Waals surface area contributed by atoms with Crippen LogP contribution in [0.25, 0.3) is 17.0 Å². The highest BCUT2D eigenvalue weighted by Gasteiger charge is 2.16. The number of thioether (sulfide) groups is 1. The first-order valence-electron chi connectivity index (χ1n) is 7.06. The van der Waals surface area contributed by atoms with E-state index >= 15 is 0 Å². The van der Waals surface area contributed by atoms with Crippen molar-refractivity contribution in [2.75, 3.05) is 19.7 Å². The van der Waals surface area contributed by atoms with Gasteiger partial charge in [-0.1, -0.05) is 11.8 Å². The predicted molar refractivity (Wildman–Crippen MR) is 85.1 cm³/mol. The van der Waals surface area contributed by atoms with Crippen molar-refractivity contribution in [2.45, 2.75) is 5.16 Å². The molecule has 0 aliphatic carbocycles. The monoisotopic (exact) mass is 344 g/mol. The van der Waals surface area contributed by atoms with Gasteiger partial charge < -0.3 is 14.2 Å². The Labute approximate surface area is 140 Å². The molecule has 1 aliphatic rings. The second-order valence-electron chi connectivity index (χ2n) is 4.87. The summed E-state index contributed by atoms with van der Waals surface area (Å²) >= 11 is 1.20. The first kappa shape index (κ1) is 14.8. The molecule has 9 heteroatoms. The molecule has 1 aliphatic heterocycles. The molecular weight excluding hydrogens is 332 g/mol. The Morgan fingerprint density at radius 1 is 1.33 bits per heavy atom. The number of carbonyl (C=O) groups excluding carboxylic acids is 1. The molecule has 0 amide bonds. The highest BCUT2D eigenvalue weighted by molar-refractivity contribution is 7.99. The van der Waals surface area contributed by atoms with Crippen molar-refractivity contribution in [1.29, 1.82) is 0 Å². The van der Waals surface area contributed by atoms with Gasteiger partial charge in [-0.2, -0.15) is 9.50 Å². The van der Waals surface area contributed by atoms with Gasteiger partial charge in [-0.25, -0.2) is 4.98 Å². The quantitative estimate of drug-likeness (QED) is 0.523. The van der Waals surface area contributed by atoms with Gasteiger partial charge in [-0.15, -0.1) is 5.10 Å². The van der Waals surface area contributed by atoms with E-state index in [1.807, 2.05) is 24.3 Å². The topological polar surface area (TPSA) is 87.8 Å². The van der Waals surface area contributed by atoms with Crippen LogP contribution in [0.15, 0.2) is 35.6 Å². The summed E-state index contributed by atoms with van der Waals surface area (Å²) in [5, 5.41) is 4.87. The molecule has 0 saturated carbocycles. The van der Waals surface area contributed by atoms with Crippen LogP contribution in [0, 0.1) is 0 Å². The van der Waals surface area contributed by atoms with Crippen LogP contribution in [0.2, 0.25) is 0 Å². The minimum absolute atomic E-state index is 0.146. The maximum absolute atomic E-state index is 11.3. The van der Waals surface area contributed by atoms with Gasteiger partial charge in [0, 0.05) is 11.8 Å². The van der Waals surface area contributed by atoms with Crippen LogP contribution in [0.5, 0.6) is 11.5 Å². The summed E-state index contributed by atoms with van der Waals surface area (Å²) < 4.78 is 17.0. The molecule has 0 spiro atoms. The predicted octanol–water partition coefficient (Wildman–Crippen LogP) is 1.79. The normalized spacial score (nSPS) is 12.5. The number of ether oxygens (including phenoxy) is 3. The highest BCUT2D eigenvalue weighted by atomic mass is 32.2. The van der Waals surface area contributed by atoms with Crippen molar-refractivity contribution in [2.24, 2.45) is 0 Å². The number of hydrogen-bond acceptors (Lipinski definition) is 8. The summed E-state index contributed by atoms with van der Waals surface area (Å²) in [4.78, 5) is 19.8. The van der Waals surface area contributed by atoms with Crippen molar-refractivity contribution in [1.82, 2.24) is 19.6 Å². The van der Waals surface area contributed by atoms with Crippen LogP contribution in [0.4, 0.5) is 0 Å². The van der Waals surface area contributed by atoms with E-state index in [9.17, 15) is 4.79 Å². The zero-order chi connectivity index (χ0) is 16.5. The lowest BCUT2D eigenvalue weighted by Crippen LogP contribution is -2.03. The first-order valence-corrected chi connectivity index (χ1v) is 8.04. The van der Waals surface area contributed by atoms with E-state index in [0.29, 0.717) is 16.7 Å². The average molecular weight is 344 g/mol. The van der Waals surface area contributed by atoms with Gasteiger partial charge in [0.05, 0.1) is 18.6 Å². The number of esters is 1. The maximum Gasteiger partial charge on any atom is 0.316 e. The van der Waals surface area contributed by atoms with E-state index < -0.39 is 0 Å². The van der Waals surface area contributed by atoms with Gasteiger partial charge in [0.25, 0.3) is 5.78 Å². The third-order valence-corrected chi connectivity index (χ3v) is 4.25. The zero-order valence-corrected chi connectivity index (χ0v) is 13.4. The van der Waals surface area contributed by atoms with Gasteiger partial charge in [0.15, 0.2) is 11.5 Å². The molecule has 1 aromatic carbocycles. The Balaban J connectivity index is 1.70. The third-order valence-electron chi connectivity index (χ3n) is 3.44. The molecule has 0 atom stereocenters. The molecule has 2 aromatic heterocycles. The number of rotatable bonds is 4. The van der Waals surface area contributed by atoms with Gasteiger partial charge >= 0.3 is 5.97 Å². The lowest BCUT2D eigenvalue weighted by atomic mass is 10.1. The highest BCUT2D eigenvalue weighted by Crippen LogP contribution is 2.35. The molecule has 4 rings (SSSR count). The Morgan fingerprint density at radius 2 is 2.21 bits per heavy atom. The number of aromatic nitrogens is 4. The van der Waals surface area contributed by atoms with Crippen molar-refractivity contribution in [3.05, 3.63) is 30.5 Å². The molecule has 3 heterocycles. The van der Waals surface area contributed by atoms with Crippen LogP contribution >= 0.6 is 11.8 Å². The zero-order valence-electron chi connectivity index (χ0n) is 12.6. The van der Waals surface area contributed by atoms with E-state index in [-0.39, 0.29) is 18.5 Å². The largest absolute Gasteiger partial charge is 0.468 e. The van der Waals surface area contributed by atoms with Crippen LogP contribution in [0.1, 0.15) is 0 Å². The fourth-order valence-electron chi connectivity index (χ4n) is 2.29. The summed E-state index contributed by atoms with van der Waals surface area (Å²) in [7, 11) is 1.35. The van der Waals surface area contributed by atoms with Crippen LogP contribution < -0.4 is 9.47 Å². The summed E-state index contributed by atoms with van der Waals surface area (Å²) in [5.41, 5.74) is 1.72. The van der Waals surface area contributed by atoms with E-state index in [0.717, 1.165) is 17.0 Å². The molecule has 122 valence electrons. The van der Waals surface area contributed by atoms with E-state index in [4.69, 9.17) is 9.47 Å². The SMILES string of the molecule is COC(=O)CSc1nc2nccc(-c3ccc4c(c3)OCO4)n2n1. The van der Waals surface area contributed by atoms with E-state index in [2.05, 4.69) is 19.8 Å². The molecule has 24 heavy (non-hydrogen) atoms. The Morgan fingerprint density at radius 3 is 3.08 bits per heavy atom. The van der Waals surface area contributed by atoms with Crippen LogP contribution in [-0.4, -0.2) is 45.2 Å². The number of benzene rings is 1. The number of methoxy groups -OCH3 is 1. The Hall–Kier alpha value is -2.81. The summed E-state index contributed by atoms with van der Waals surface area (Å²) in [5.74, 6) is 1.68. The molecule has 8 nitrogen and oxygen atoms in total. The van der Waals surface area contributed by atoms with Crippen LogP contribution in [0.3, 0.4) is 0 Å². The van der Waals surface area contributed by atoms with Gasteiger partial charge in [0.2, 0.25) is 11.9 Å². The summed E-state index contributed by atoms with van der Waals surface area (Å²) in [6, 6.07) is 7.51. The second kappa shape index (κ2) is 6.00. The molecule has 0 fully saturated rings. The summed E-state index contributed by atoms with van der Waals surface area (Å²) in [6.45, 7) is 0.224. The Kier molecular flexibility index (Phi) is 3.69. The van der Waals surface area contributed by atoms with Crippen molar-refractivity contribution >= 4 is 23.5 Å². The molecule has 3 aromatic rings. The lowest BCUT2D eigenvalue weighted by molar-refractivity contribution is -0.137. The van der Waals surface area contributed by atoms with Crippen molar-refractivity contribution in [3.63, 3.8) is 0 Å². The Bertz CT molecular complexity index is 927. The number of carbonyl (C=O) groups is 1. The fraction of sp³-hybridized carbons (Fsp3) is 0.200. The third kappa shape index (κ3) is 2.62. The van der Waals surface area contributed by atoms with Crippen molar-refractivity contribution in [3.8, 4) is 22.8 Å². The first-order chi connectivity index (χ1) is 11.7. The van der Waals surface area contributed by atoms with E-state index in [1.165, 1.54) is 18.9 Å². The smallest absolute Gasteiger partial charge is 0.316 e. The molecular formula is C15H12N4O4S. The number of fused-ring (bicyclic) bond motifs is 2. The minimum atomic E-state index is -0.331. The molecule has 0 radical (unpaired) electrons. The van der Waals surface area contributed by atoms with Gasteiger partial charge in [-0.3, -0.25) is 4.79 Å². The van der Waals surface area contributed by atoms with Crippen LogP contribution in [-0.2, 0) is 9.53 Å².